The van der Waals surface area contributed by atoms with E-state index in [1.165, 1.54) is 12.3 Å². The minimum Gasteiger partial charge on any atom is -0.263 e. The zero-order chi connectivity index (χ0) is 15.0. The average Bonchev–Trinajstić information content (AvgIpc) is 3.25. The van der Waals surface area contributed by atoms with E-state index in [1.54, 1.807) is 0 Å². The van der Waals surface area contributed by atoms with Gasteiger partial charge in [0.25, 0.3) is 10.0 Å². The molecule has 21 heavy (non-hydrogen) atoms. The van der Waals surface area contributed by atoms with E-state index in [2.05, 4.69) is 14.7 Å². The lowest BCUT2D eigenvalue weighted by Crippen LogP contribution is -2.16. The van der Waals surface area contributed by atoms with Crippen LogP contribution in [0.1, 0.15) is 24.6 Å². The summed E-state index contributed by atoms with van der Waals surface area (Å²) in [5, 5.41) is 0. The summed E-state index contributed by atoms with van der Waals surface area (Å²) in [6, 6.07) is 3.60. The van der Waals surface area contributed by atoms with Gasteiger partial charge in [-0.2, -0.15) is 0 Å². The molecule has 1 saturated carbocycles. The zero-order valence-corrected chi connectivity index (χ0v) is 11.6. The summed E-state index contributed by atoms with van der Waals surface area (Å²) in [7, 11) is -4.24. The van der Waals surface area contributed by atoms with Crippen molar-refractivity contribution < 1.29 is 17.2 Å². The summed E-state index contributed by atoms with van der Waals surface area (Å²) in [5.41, 5.74) is 0. The second-order valence-electron chi connectivity index (χ2n) is 4.75. The van der Waals surface area contributed by atoms with Crippen LogP contribution in [0.25, 0.3) is 0 Å². The largest absolute Gasteiger partial charge is 0.266 e. The summed E-state index contributed by atoms with van der Waals surface area (Å²) in [6.45, 7) is 0. The quantitative estimate of drug-likeness (QED) is 0.941. The topological polar surface area (TPSA) is 72.0 Å². The molecule has 0 spiro atoms. The van der Waals surface area contributed by atoms with Crippen LogP contribution in [0.3, 0.4) is 0 Å². The van der Waals surface area contributed by atoms with Crippen LogP contribution in [0.15, 0.2) is 35.4 Å². The SMILES string of the molecule is O=S(=O)(Nc1ccnc(C2CC2)n1)c1cc(F)ccc1F. The van der Waals surface area contributed by atoms with Crippen molar-refractivity contribution in [1.82, 2.24) is 9.97 Å². The number of hydrogen-bond acceptors (Lipinski definition) is 4. The van der Waals surface area contributed by atoms with Crippen LogP contribution in [-0.4, -0.2) is 18.4 Å². The van der Waals surface area contributed by atoms with Gasteiger partial charge >= 0.3 is 0 Å². The molecular formula is C13H11F2N3O2S. The first-order chi connectivity index (χ1) is 9.95. The maximum atomic E-state index is 13.6. The molecule has 0 bridgehead atoms. The average molecular weight is 311 g/mol. The van der Waals surface area contributed by atoms with Crippen molar-refractivity contribution in [3.63, 3.8) is 0 Å². The van der Waals surface area contributed by atoms with Crippen molar-refractivity contribution in [3.8, 4) is 0 Å². The number of benzene rings is 1. The number of nitrogens with one attached hydrogen (secondary N) is 1. The Morgan fingerprint density at radius 3 is 2.67 bits per heavy atom. The first-order valence-corrected chi connectivity index (χ1v) is 7.75. The Balaban J connectivity index is 1.92. The van der Waals surface area contributed by atoms with Gasteiger partial charge < -0.3 is 0 Å². The van der Waals surface area contributed by atoms with Gasteiger partial charge in [-0.05, 0) is 37.1 Å². The first-order valence-electron chi connectivity index (χ1n) is 6.26. The molecule has 1 fully saturated rings. The summed E-state index contributed by atoms with van der Waals surface area (Å²) in [4.78, 5) is 7.38. The molecule has 8 heteroatoms. The number of hydrogen-bond donors (Lipinski definition) is 1. The van der Waals surface area contributed by atoms with Gasteiger partial charge in [-0.1, -0.05) is 0 Å². The van der Waals surface area contributed by atoms with E-state index in [4.69, 9.17) is 0 Å². The van der Waals surface area contributed by atoms with Crippen molar-refractivity contribution >= 4 is 15.8 Å². The molecule has 1 aliphatic rings. The highest BCUT2D eigenvalue weighted by atomic mass is 32.2. The van der Waals surface area contributed by atoms with Gasteiger partial charge in [-0.25, -0.2) is 27.2 Å². The Bertz CT molecular complexity index is 792. The van der Waals surface area contributed by atoms with Crippen LogP contribution in [0, 0.1) is 11.6 Å². The Morgan fingerprint density at radius 1 is 1.19 bits per heavy atom. The second kappa shape index (κ2) is 5.03. The molecule has 1 aromatic heterocycles. The van der Waals surface area contributed by atoms with E-state index in [9.17, 15) is 17.2 Å². The van der Waals surface area contributed by atoms with E-state index < -0.39 is 26.6 Å². The van der Waals surface area contributed by atoms with Crippen molar-refractivity contribution in [2.75, 3.05) is 4.72 Å². The van der Waals surface area contributed by atoms with Gasteiger partial charge in [0.1, 0.15) is 28.2 Å². The molecule has 0 amide bonds. The second-order valence-corrected chi connectivity index (χ2v) is 6.41. The fourth-order valence-electron chi connectivity index (χ4n) is 1.84. The standard InChI is InChI=1S/C13H11F2N3O2S/c14-9-3-4-10(15)11(7-9)21(19,20)18-12-5-6-16-13(17-12)8-1-2-8/h3-8H,1-2H2,(H,16,17,18). The maximum Gasteiger partial charge on any atom is 0.266 e. The van der Waals surface area contributed by atoms with E-state index in [0.717, 1.165) is 25.0 Å². The van der Waals surface area contributed by atoms with Crippen LogP contribution in [0.4, 0.5) is 14.6 Å². The van der Waals surface area contributed by atoms with Crippen LogP contribution < -0.4 is 4.72 Å². The highest BCUT2D eigenvalue weighted by molar-refractivity contribution is 7.92. The highest BCUT2D eigenvalue weighted by Crippen LogP contribution is 2.38. The van der Waals surface area contributed by atoms with Crippen LogP contribution in [0.5, 0.6) is 0 Å². The third kappa shape index (κ3) is 2.99. The number of sulfonamides is 1. The molecule has 0 atom stereocenters. The smallest absolute Gasteiger partial charge is 0.263 e. The van der Waals surface area contributed by atoms with Crippen molar-refractivity contribution in [1.29, 1.82) is 0 Å². The summed E-state index contributed by atoms with van der Waals surface area (Å²) in [5.74, 6) is -1.02. The Labute approximate surface area is 120 Å². The Kier molecular flexibility index (Phi) is 3.32. The number of rotatable bonds is 4. The summed E-state index contributed by atoms with van der Waals surface area (Å²) >= 11 is 0. The van der Waals surface area contributed by atoms with E-state index >= 15 is 0 Å². The molecule has 1 heterocycles. The fourth-order valence-corrected chi connectivity index (χ4v) is 2.94. The third-order valence-corrected chi connectivity index (χ3v) is 4.41. The molecule has 1 aromatic carbocycles. The number of anilines is 1. The lowest BCUT2D eigenvalue weighted by Gasteiger charge is -2.09. The molecule has 1 N–H and O–H groups in total. The molecule has 0 unspecified atom stereocenters. The predicted molar refractivity (Wildman–Crippen MR) is 71.2 cm³/mol. The molecule has 5 nitrogen and oxygen atoms in total. The van der Waals surface area contributed by atoms with Crippen LogP contribution in [-0.2, 0) is 10.0 Å². The fraction of sp³-hybridized carbons (Fsp3) is 0.231. The van der Waals surface area contributed by atoms with Gasteiger partial charge in [0.15, 0.2) is 0 Å². The first kappa shape index (κ1) is 13.9. The summed E-state index contributed by atoms with van der Waals surface area (Å²) < 4.78 is 53.0. The molecule has 110 valence electrons. The highest BCUT2D eigenvalue weighted by Gasteiger charge is 2.27. The van der Waals surface area contributed by atoms with E-state index in [-0.39, 0.29) is 11.7 Å². The molecular weight excluding hydrogens is 300 g/mol. The number of aromatic nitrogens is 2. The molecule has 0 radical (unpaired) electrons. The van der Waals surface area contributed by atoms with Gasteiger partial charge in [-0.15, -0.1) is 0 Å². The van der Waals surface area contributed by atoms with Gasteiger partial charge in [0.05, 0.1) is 0 Å². The maximum absolute atomic E-state index is 13.6. The number of nitrogens with zero attached hydrogens (tertiary/aromatic N) is 2. The van der Waals surface area contributed by atoms with Crippen LogP contribution in [0.2, 0.25) is 0 Å². The van der Waals surface area contributed by atoms with E-state index in [0.29, 0.717) is 11.9 Å². The minimum atomic E-state index is -4.24. The van der Waals surface area contributed by atoms with E-state index in [1.807, 2.05) is 0 Å². The van der Waals surface area contributed by atoms with Crippen molar-refractivity contribution in [2.24, 2.45) is 0 Å². The van der Waals surface area contributed by atoms with Crippen molar-refractivity contribution in [3.05, 3.63) is 47.9 Å². The molecule has 1 aliphatic carbocycles. The number of halogens is 2. The van der Waals surface area contributed by atoms with Gasteiger partial charge in [0.2, 0.25) is 0 Å². The monoisotopic (exact) mass is 311 g/mol. The van der Waals surface area contributed by atoms with Crippen LogP contribution >= 0.6 is 0 Å². The Morgan fingerprint density at radius 2 is 1.95 bits per heavy atom. The third-order valence-electron chi connectivity index (χ3n) is 3.04. The van der Waals surface area contributed by atoms with Gasteiger partial charge in [0, 0.05) is 12.1 Å². The lowest BCUT2D eigenvalue weighted by atomic mass is 10.3. The molecule has 0 aliphatic heterocycles. The minimum absolute atomic E-state index is 0.0376. The predicted octanol–water partition coefficient (Wildman–Crippen LogP) is 2.43. The Hall–Kier alpha value is -2.09. The van der Waals surface area contributed by atoms with Crippen molar-refractivity contribution in [2.45, 2.75) is 23.7 Å². The summed E-state index contributed by atoms with van der Waals surface area (Å²) in [6.07, 6.45) is 3.36. The normalized spacial score (nSPS) is 15.0. The van der Waals surface area contributed by atoms with Gasteiger partial charge in [-0.3, -0.25) is 4.72 Å². The molecule has 2 aromatic rings. The lowest BCUT2D eigenvalue weighted by molar-refractivity contribution is 0.555. The molecule has 3 rings (SSSR count). The zero-order valence-electron chi connectivity index (χ0n) is 10.8. The molecule has 0 saturated heterocycles.